The van der Waals surface area contributed by atoms with Gasteiger partial charge in [-0.05, 0) is 54.0 Å². The van der Waals surface area contributed by atoms with E-state index in [4.69, 9.17) is 11.6 Å². The van der Waals surface area contributed by atoms with Gasteiger partial charge in [-0.25, -0.2) is 4.90 Å². The Labute approximate surface area is 216 Å². The molecule has 3 heterocycles. The number of amides is 2. The van der Waals surface area contributed by atoms with Gasteiger partial charge in [0.05, 0.1) is 28.5 Å². The molecule has 9 heteroatoms. The lowest BCUT2D eigenvalue weighted by atomic mass is 9.83. The van der Waals surface area contributed by atoms with Crippen molar-refractivity contribution >= 4 is 46.6 Å². The summed E-state index contributed by atoms with van der Waals surface area (Å²) >= 11 is 6.02. The van der Waals surface area contributed by atoms with E-state index in [1.807, 2.05) is 35.2 Å². The Bertz CT molecular complexity index is 1530. The molecule has 2 fully saturated rings. The van der Waals surface area contributed by atoms with Crippen LogP contribution in [0.2, 0.25) is 5.02 Å². The van der Waals surface area contributed by atoms with Crippen LogP contribution in [0, 0.1) is 28.9 Å². The summed E-state index contributed by atoms with van der Waals surface area (Å²) in [6.45, 7) is 1.69. The molecule has 3 aliphatic heterocycles. The van der Waals surface area contributed by atoms with Crippen LogP contribution in [-0.4, -0.2) is 33.5 Å². The van der Waals surface area contributed by atoms with E-state index in [-0.39, 0.29) is 17.2 Å². The number of rotatable bonds is 4. The molecule has 0 aliphatic carbocycles. The molecule has 8 nitrogen and oxygen atoms in total. The number of halogens is 1. The Kier molecular flexibility index (Phi) is 5.24. The van der Waals surface area contributed by atoms with Gasteiger partial charge in [0, 0.05) is 28.9 Å². The van der Waals surface area contributed by atoms with Crippen molar-refractivity contribution in [1.82, 2.24) is 4.90 Å². The normalized spacial score (nSPS) is 23.6. The van der Waals surface area contributed by atoms with E-state index >= 15 is 0 Å². The van der Waals surface area contributed by atoms with Gasteiger partial charge < -0.3 is 4.90 Å². The van der Waals surface area contributed by atoms with Crippen LogP contribution in [0.25, 0.3) is 6.08 Å². The van der Waals surface area contributed by atoms with Crippen LogP contribution >= 0.6 is 11.6 Å². The fourth-order valence-corrected chi connectivity index (χ4v) is 5.96. The molecule has 3 aromatic carbocycles. The van der Waals surface area contributed by atoms with Crippen LogP contribution in [0.3, 0.4) is 0 Å². The Morgan fingerprint density at radius 1 is 0.973 bits per heavy atom. The van der Waals surface area contributed by atoms with Gasteiger partial charge in [0.2, 0.25) is 11.8 Å². The maximum atomic E-state index is 14.0. The Hall–Kier alpha value is -4.30. The van der Waals surface area contributed by atoms with Crippen LogP contribution in [-0.2, 0) is 9.59 Å². The van der Waals surface area contributed by atoms with Gasteiger partial charge in [-0.2, -0.15) is 0 Å². The lowest BCUT2D eigenvalue weighted by Gasteiger charge is -2.35. The highest BCUT2D eigenvalue weighted by Crippen LogP contribution is 2.54. The topological polar surface area (TPSA) is 101 Å². The molecular formula is C28H20ClN3O5. The minimum atomic E-state index is -0.963. The third-order valence-electron chi connectivity index (χ3n) is 7.50. The fourth-order valence-electron chi connectivity index (χ4n) is 5.83. The molecule has 37 heavy (non-hydrogen) atoms. The van der Waals surface area contributed by atoms with Gasteiger partial charge in [0.15, 0.2) is 5.78 Å². The van der Waals surface area contributed by atoms with E-state index in [9.17, 15) is 24.5 Å². The van der Waals surface area contributed by atoms with Crippen molar-refractivity contribution in [1.29, 1.82) is 0 Å². The molecule has 0 saturated carbocycles. The van der Waals surface area contributed by atoms with Crippen molar-refractivity contribution in [2.24, 2.45) is 11.8 Å². The number of carbonyl (C=O) groups excluding carboxylic acids is 3. The minimum absolute atomic E-state index is 0.169. The number of fused-ring (bicyclic) bond motifs is 5. The number of anilines is 1. The molecule has 4 atom stereocenters. The average molecular weight is 514 g/mol. The first kappa shape index (κ1) is 23.1. The number of carbonyl (C=O) groups is 3. The van der Waals surface area contributed by atoms with Crippen LogP contribution in [0.15, 0.2) is 72.9 Å². The van der Waals surface area contributed by atoms with Crippen LogP contribution in [0.5, 0.6) is 0 Å². The lowest BCUT2D eigenvalue weighted by Crippen LogP contribution is -2.44. The maximum Gasteiger partial charge on any atom is 0.271 e. The van der Waals surface area contributed by atoms with Crippen LogP contribution in [0.4, 0.5) is 11.4 Å². The van der Waals surface area contributed by atoms with Gasteiger partial charge in [-0.3, -0.25) is 24.5 Å². The van der Waals surface area contributed by atoms with Gasteiger partial charge in [0.1, 0.15) is 6.04 Å². The molecule has 2 amide bonds. The molecule has 0 aromatic heterocycles. The zero-order valence-corrected chi connectivity index (χ0v) is 20.3. The zero-order valence-electron chi connectivity index (χ0n) is 19.6. The van der Waals surface area contributed by atoms with Crippen molar-refractivity contribution in [3.63, 3.8) is 0 Å². The number of nitro benzene ring substituents is 1. The first-order valence-electron chi connectivity index (χ1n) is 11.7. The maximum absolute atomic E-state index is 14.0. The second-order valence-electron chi connectivity index (χ2n) is 9.44. The molecule has 2 saturated heterocycles. The van der Waals surface area contributed by atoms with Gasteiger partial charge in [0.25, 0.3) is 5.69 Å². The van der Waals surface area contributed by atoms with Gasteiger partial charge in [-0.15, -0.1) is 0 Å². The summed E-state index contributed by atoms with van der Waals surface area (Å²) in [4.78, 5) is 55.6. The highest BCUT2D eigenvalue weighted by atomic mass is 35.5. The van der Waals surface area contributed by atoms with Crippen molar-refractivity contribution in [3.8, 4) is 0 Å². The number of non-ortho nitro benzene ring substituents is 1. The summed E-state index contributed by atoms with van der Waals surface area (Å²) in [5, 5.41) is 11.9. The molecule has 6 rings (SSSR count). The number of nitrogens with zero attached hydrogens (tertiary/aromatic N) is 3. The van der Waals surface area contributed by atoms with Crippen LogP contribution in [0.1, 0.15) is 33.1 Å². The Balaban J connectivity index is 1.51. The van der Waals surface area contributed by atoms with Crippen molar-refractivity contribution in [2.75, 3.05) is 4.90 Å². The number of benzene rings is 3. The van der Waals surface area contributed by atoms with Crippen molar-refractivity contribution in [2.45, 2.75) is 19.0 Å². The Morgan fingerprint density at radius 2 is 1.68 bits per heavy atom. The summed E-state index contributed by atoms with van der Waals surface area (Å²) in [6, 6.07) is 16.7. The monoisotopic (exact) mass is 513 g/mol. The molecule has 184 valence electrons. The van der Waals surface area contributed by atoms with Gasteiger partial charge >= 0.3 is 0 Å². The molecule has 3 aromatic rings. The average Bonchev–Trinajstić information content (AvgIpc) is 3.37. The number of hydrogen-bond donors (Lipinski definition) is 0. The molecule has 0 bridgehead atoms. The lowest BCUT2D eigenvalue weighted by molar-refractivity contribution is -0.384. The summed E-state index contributed by atoms with van der Waals surface area (Å²) in [5.41, 5.74) is 2.64. The Morgan fingerprint density at radius 3 is 2.41 bits per heavy atom. The molecular weight excluding hydrogens is 494 g/mol. The first-order chi connectivity index (χ1) is 17.8. The molecule has 0 unspecified atom stereocenters. The number of ketones is 1. The highest BCUT2D eigenvalue weighted by Gasteiger charge is 2.64. The van der Waals surface area contributed by atoms with Gasteiger partial charge in [-0.1, -0.05) is 41.9 Å². The fraction of sp³-hybridized carbons (Fsp3) is 0.179. The number of nitro groups is 1. The van der Waals surface area contributed by atoms with E-state index < -0.39 is 40.7 Å². The zero-order chi connectivity index (χ0) is 26.0. The van der Waals surface area contributed by atoms with Crippen molar-refractivity contribution in [3.05, 3.63) is 110 Å². The molecule has 3 aliphatic rings. The molecule has 0 N–H and O–H groups in total. The molecule has 0 radical (unpaired) electrons. The van der Waals surface area contributed by atoms with Crippen molar-refractivity contribution < 1.29 is 19.3 Å². The predicted molar refractivity (Wildman–Crippen MR) is 137 cm³/mol. The first-order valence-corrected chi connectivity index (χ1v) is 12.1. The number of aryl methyl sites for hydroxylation is 1. The standard InChI is InChI=1S/C28H20ClN3O5/c1-15-6-11-19(32(36)37)14-21(15)31-27(34)22-23(28(31)35)25(26(33)17-7-9-18(29)10-8-17)30-13-12-16-4-2-3-5-20(16)24(22)30/h2-14,22-25H,1H3/t22-,23+,24-,25+/m0/s1. The number of Topliss-reactive ketones (excluding diaryl/α,β-unsaturated/α-hetero) is 1. The number of imide groups is 1. The third-order valence-corrected chi connectivity index (χ3v) is 7.76. The largest absolute Gasteiger partial charge is 0.358 e. The highest BCUT2D eigenvalue weighted by molar-refractivity contribution is 6.30. The quantitative estimate of drug-likeness (QED) is 0.212. The second kappa shape index (κ2) is 8.38. The smallest absolute Gasteiger partial charge is 0.271 e. The van der Waals surface area contributed by atoms with Crippen LogP contribution < -0.4 is 4.90 Å². The summed E-state index contributed by atoms with van der Waals surface area (Å²) in [6.07, 6.45) is 3.67. The van der Waals surface area contributed by atoms with E-state index in [0.717, 1.165) is 16.0 Å². The summed E-state index contributed by atoms with van der Waals surface area (Å²) < 4.78 is 0. The molecule has 0 spiro atoms. The van der Waals surface area contributed by atoms with E-state index in [0.29, 0.717) is 16.1 Å². The second-order valence-corrected chi connectivity index (χ2v) is 9.88. The third kappa shape index (κ3) is 3.40. The summed E-state index contributed by atoms with van der Waals surface area (Å²) in [7, 11) is 0. The predicted octanol–water partition coefficient (Wildman–Crippen LogP) is 4.95. The summed E-state index contributed by atoms with van der Waals surface area (Å²) in [5.74, 6) is -3.10. The number of hydrogen-bond acceptors (Lipinski definition) is 6. The minimum Gasteiger partial charge on any atom is -0.358 e. The van der Waals surface area contributed by atoms with E-state index in [1.54, 1.807) is 37.4 Å². The SMILES string of the molecule is Cc1ccc([N+](=O)[O-])cc1N1C(=O)[C@@H]2[C@H](C1=O)[C@@H]1c3ccccc3C=CN1[C@H]2C(=O)c1ccc(Cl)cc1. The van der Waals surface area contributed by atoms with E-state index in [2.05, 4.69) is 0 Å². The van der Waals surface area contributed by atoms with E-state index in [1.165, 1.54) is 18.2 Å².